The molecule has 0 saturated heterocycles. The summed E-state index contributed by atoms with van der Waals surface area (Å²) < 4.78 is 16.9. The summed E-state index contributed by atoms with van der Waals surface area (Å²) in [6.07, 6.45) is 0. The van der Waals surface area contributed by atoms with Gasteiger partial charge < -0.3 is 18.8 Å². The maximum Gasteiger partial charge on any atom is 0.316 e. The highest BCUT2D eigenvalue weighted by Crippen LogP contribution is 2.32. The number of carbonyl (C=O) groups excluding carboxylic acids is 1. The first kappa shape index (κ1) is 16.2. The summed E-state index contributed by atoms with van der Waals surface area (Å²) in [7, 11) is 6.36. The molecule has 22 heavy (non-hydrogen) atoms. The van der Waals surface area contributed by atoms with E-state index in [1.165, 1.54) is 18.9 Å². The standard InChI is InChI=1S/C14H17N3O4S/c1-17-13(15-16-14(17)22-8-12(18)21-4)9-5-6-10(19-2)11(7-9)20-3/h5-7H,8H2,1-4H3. The first-order valence-electron chi connectivity index (χ1n) is 6.42. The summed E-state index contributed by atoms with van der Waals surface area (Å²) in [5.41, 5.74) is 0.845. The van der Waals surface area contributed by atoms with E-state index in [0.717, 1.165) is 5.56 Å². The van der Waals surface area contributed by atoms with Crippen molar-refractivity contribution in [2.45, 2.75) is 5.16 Å². The Morgan fingerprint density at radius 1 is 1.18 bits per heavy atom. The van der Waals surface area contributed by atoms with Crippen molar-refractivity contribution in [1.29, 1.82) is 0 Å². The topological polar surface area (TPSA) is 75.5 Å². The van der Waals surface area contributed by atoms with Gasteiger partial charge in [0.2, 0.25) is 0 Å². The number of aromatic nitrogens is 3. The predicted molar refractivity (Wildman–Crippen MR) is 82.3 cm³/mol. The fourth-order valence-corrected chi connectivity index (χ4v) is 2.59. The number of rotatable bonds is 6. The summed E-state index contributed by atoms with van der Waals surface area (Å²) in [5.74, 6) is 1.82. The van der Waals surface area contributed by atoms with Gasteiger partial charge in [0.15, 0.2) is 22.5 Å². The lowest BCUT2D eigenvalue weighted by molar-refractivity contribution is -0.137. The normalized spacial score (nSPS) is 10.4. The molecule has 0 saturated carbocycles. The first-order valence-corrected chi connectivity index (χ1v) is 7.40. The van der Waals surface area contributed by atoms with Crippen LogP contribution in [0.2, 0.25) is 0 Å². The maximum absolute atomic E-state index is 11.2. The molecule has 118 valence electrons. The zero-order valence-corrected chi connectivity index (χ0v) is 13.6. The van der Waals surface area contributed by atoms with Gasteiger partial charge in [-0.1, -0.05) is 11.8 Å². The second-order valence-electron chi connectivity index (χ2n) is 4.30. The third-order valence-electron chi connectivity index (χ3n) is 3.02. The van der Waals surface area contributed by atoms with Gasteiger partial charge in [-0.3, -0.25) is 4.79 Å². The molecule has 7 nitrogen and oxygen atoms in total. The highest BCUT2D eigenvalue weighted by Gasteiger charge is 2.15. The number of thioether (sulfide) groups is 1. The third-order valence-corrected chi connectivity index (χ3v) is 4.02. The Balaban J connectivity index is 2.26. The van der Waals surface area contributed by atoms with Crippen LogP contribution in [-0.4, -0.2) is 47.8 Å². The van der Waals surface area contributed by atoms with Crippen molar-refractivity contribution in [3.8, 4) is 22.9 Å². The summed E-state index contributed by atoms with van der Waals surface area (Å²) in [6, 6.07) is 5.52. The van der Waals surface area contributed by atoms with E-state index in [0.29, 0.717) is 22.5 Å². The van der Waals surface area contributed by atoms with Gasteiger partial charge in [-0.25, -0.2) is 0 Å². The number of hydrogen-bond acceptors (Lipinski definition) is 7. The molecule has 0 atom stereocenters. The second-order valence-corrected chi connectivity index (χ2v) is 5.24. The minimum Gasteiger partial charge on any atom is -0.493 e. The van der Waals surface area contributed by atoms with E-state index in [9.17, 15) is 4.79 Å². The molecule has 8 heteroatoms. The van der Waals surface area contributed by atoms with Crippen LogP contribution in [0.25, 0.3) is 11.4 Å². The van der Waals surface area contributed by atoms with Crippen LogP contribution in [0.4, 0.5) is 0 Å². The number of benzene rings is 1. The molecule has 0 unspecified atom stereocenters. The molecule has 1 aromatic heterocycles. The molecule has 1 aromatic carbocycles. The van der Waals surface area contributed by atoms with E-state index >= 15 is 0 Å². The molecule has 0 aliphatic carbocycles. The van der Waals surface area contributed by atoms with Crippen molar-refractivity contribution < 1.29 is 19.0 Å². The summed E-state index contributed by atoms with van der Waals surface area (Å²) >= 11 is 1.27. The van der Waals surface area contributed by atoms with Crippen molar-refractivity contribution in [2.75, 3.05) is 27.1 Å². The monoisotopic (exact) mass is 323 g/mol. The van der Waals surface area contributed by atoms with Crippen molar-refractivity contribution in [2.24, 2.45) is 7.05 Å². The van der Waals surface area contributed by atoms with Crippen molar-refractivity contribution >= 4 is 17.7 Å². The van der Waals surface area contributed by atoms with Crippen molar-refractivity contribution in [1.82, 2.24) is 14.8 Å². The lowest BCUT2D eigenvalue weighted by Gasteiger charge is -2.09. The molecule has 0 spiro atoms. The van der Waals surface area contributed by atoms with Gasteiger partial charge in [0.25, 0.3) is 0 Å². The lowest BCUT2D eigenvalue weighted by Crippen LogP contribution is -2.04. The molecule has 0 fully saturated rings. The van der Waals surface area contributed by atoms with Gasteiger partial charge in [-0.05, 0) is 18.2 Å². The van der Waals surface area contributed by atoms with Crippen molar-refractivity contribution in [3.05, 3.63) is 18.2 Å². The molecular formula is C14H17N3O4S. The van der Waals surface area contributed by atoms with Crippen molar-refractivity contribution in [3.63, 3.8) is 0 Å². The van der Waals surface area contributed by atoms with E-state index in [1.807, 2.05) is 29.8 Å². The fraction of sp³-hybridized carbons (Fsp3) is 0.357. The smallest absolute Gasteiger partial charge is 0.316 e. The van der Waals surface area contributed by atoms with Crippen LogP contribution >= 0.6 is 11.8 Å². The minimum absolute atomic E-state index is 0.189. The third kappa shape index (κ3) is 3.33. The highest BCUT2D eigenvalue weighted by molar-refractivity contribution is 7.99. The van der Waals surface area contributed by atoms with Crippen LogP contribution < -0.4 is 9.47 Å². The van der Waals surface area contributed by atoms with Gasteiger partial charge in [0.05, 0.1) is 27.1 Å². The summed E-state index contributed by atoms with van der Waals surface area (Å²) in [6.45, 7) is 0. The number of hydrogen-bond donors (Lipinski definition) is 0. The fourth-order valence-electron chi connectivity index (χ4n) is 1.85. The Morgan fingerprint density at radius 3 is 2.55 bits per heavy atom. The zero-order valence-electron chi connectivity index (χ0n) is 12.8. The highest BCUT2D eigenvalue weighted by atomic mass is 32.2. The van der Waals surface area contributed by atoms with Crippen LogP contribution in [0.15, 0.2) is 23.4 Å². The van der Waals surface area contributed by atoms with E-state index in [-0.39, 0.29) is 11.7 Å². The average Bonchev–Trinajstić information content (AvgIpc) is 2.92. The van der Waals surface area contributed by atoms with Crippen LogP contribution in [0, 0.1) is 0 Å². The number of ether oxygens (including phenoxy) is 3. The molecule has 2 aromatic rings. The average molecular weight is 323 g/mol. The van der Waals surface area contributed by atoms with Gasteiger partial charge in [0.1, 0.15) is 0 Å². The molecule has 0 N–H and O–H groups in total. The molecule has 1 heterocycles. The predicted octanol–water partition coefficient (Wildman–Crippen LogP) is 1.76. The van der Waals surface area contributed by atoms with Crippen LogP contribution in [0.5, 0.6) is 11.5 Å². The number of methoxy groups -OCH3 is 3. The van der Waals surface area contributed by atoms with Crippen LogP contribution in [0.1, 0.15) is 0 Å². The summed E-state index contributed by atoms with van der Waals surface area (Å²) in [5, 5.41) is 8.89. The number of nitrogens with zero attached hydrogens (tertiary/aromatic N) is 3. The maximum atomic E-state index is 11.2. The zero-order chi connectivity index (χ0) is 16.1. The van der Waals surface area contributed by atoms with E-state index in [1.54, 1.807) is 14.2 Å². The van der Waals surface area contributed by atoms with Crippen LogP contribution in [0.3, 0.4) is 0 Å². The van der Waals surface area contributed by atoms with E-state index in [4.69, 9.17) is 9.47 Å². The van der Waals surface area contributed by atoms with Gasteiger partial charge in [-0.15, -0.1) is 10.2 Å². The quantitative estimate of drug-likeness (QED) is 0.592. The van der Waals surface area contributed by atoms with Gasteiger partial charge >= 0.3 is 5.97 Å². The van der Waals surface area contributed by atoms with Crippen LogP contribution in [-0.2, 0) is 16.6 Å². The molecule has 0 bridgehead atoms. The minimum atomic E-state index is -0.305. The largest absolute Gasteiger partial charge is 0.493 e. The summed E-state index contributed by atoms with van der Waals surface area (Å²) in [4.78, 5) is 11.2. The molecule has 0 radical (unpaired) electrons. The molecule has 2 rings (SSSR count). The number of carbonyl (C=O) groups is 1. The van der Waals surface area contributed by atoms with E-state index < -0.39 is 0 Å². The molecule has 0 aliphatic rings. The van der Waals surface area contributed by atoms with Gasteiger partial charge in [0, 0.05) is 12.6 Å². The number of esters is 1. The van der Waals surface area contributed by atoms with Gasteiger partial charge in [-0.2, -0.15) is 0 Å². The molecular weight excluding hydrogens is 306 g/mol. The Morgan fingerprint density at radius 2 is 1.91 bits per heavy atom. The Kier molecular flexibility index (Phi) is 5.26. The molecule has 0 aliphatic heterocycles. The SMILES string of the molecule is COC(=O)CSc1nnc(-c2ccc(OC)c(OC)c2)n1C. The lowest BCUT2D eigenvalue weighted by atomic mass is 10.2. The Hall–Kier alpha value is -2.22. The Bertz CT molecular complexity index is 672. The Labute approximate surface area is 132 Å². The van der Waals surface area contributed by atoms with E-state index in [2.05, 4.69) is 14.9 Å². The second kappa shape index (κ2) is 7.17. The first-order chi connectivity index (χ1) is 10.6. The molecule has 0 amide bonds.